The van der Waals surface area contributed by atoms with Crippen molar-refractivity contribution in [1.29, 1.82) is 0 Å². The predicted molar refractivity (Wildman–Crippen MR) is 75.4 cm³/mol. The summed E-state index contributed by atoms with van der Waals surface area (Å²) in [5.41, 5.74) is 3.23. The van der Waals surface area contributed by atoms with Crippen LogP contribution in [0.15, 0.2) is 60.9 Å². The summed E-state index contributed by atoms with van der Waals surface area (Å²) in [6, 6.07) is 18.1. The van der Waals surface area contributed by atoms with Crippen LogP contribution in [0.1, 0.15) is 5.56 Å². The average molecular weight is 247 g/mol. The Kier molecular flexibility index (Phi) is 3.02. The molecule has 0 aliphatic heterocycles. The summed E-state index contributed by atoms with van der Waals surface area (Å²) in [5.74, 6) is 1.40. The maximum absolute atomic E-state index is 4.52. The highest BCUT2D eigenvalue weighted by Gasteiger charge is 2.05. The van der Waals surface area contributed by atoms with Crippen molar-refractivity contribution in [3.63, 3.8) is 0 Å². The summed E-state index contributed by atoms with van der Waals surface area (Å²) in [6.07, 6.45) is 1.56. The Hall–Kier alpha value is -2.55. The first kappa shape index (κ1) is 11.5. The Morgan fingerprint density at radius 3 is 1.89 bits per heavy atom. The first-order chi connectivity index (χ1) is 9.33. The lowest BCUT2D eigenvalue weighted by atomic mass is 10.1. The highest BCUT2D eigenvalue weighted by atomic mass is 15.0. The van der Waals surface area contributed by atoms with E-state index < -0.39 is 0 Å². The molecule has 1 aromatic heterocycles. The van der Waals surface area contributed by atoms with Gasteiger partial charge in [-0.1, -0.05) is 60.2 Å². The molecule has 0 aliphatic rings. The summed E-state index contributed by atoms with van der Waals surface area (Å²) in [4.78, 5) is 13.0. The number of benzene rings is 2. The van der Waals surface area contributed by atoms with Crippen molar-refractivity contribution in [2.24, 2.45) is 0 Å². The lowest BCUT2D eigenvalue weighted by Crippen LogP contribution is -1.94. The zero-order valence-corrected chi connectivity index (χ0v) is 10.6. The van der Waals surface area contributed by atoms with Gasteiger partial charge in [0.1, 0.15) is 6.33 Å². The molecule has 0 saturated heterocycles. The van der Waals surface area contributed by atoms with Gasteiger partial charge in [0.25, 0.3) is 0 Å². The zero-order chi connectivity index (χ0) is 13.1. The molecule has 0 unspecified atom stereocenters. The van der Waals surface area contributed by atoms with Crippen molar-refractivity contribution < 1.29 is 0 Å². The van der Waals surface area contributed by atoms with E-state index in [1.54, 1.807) is 6.33 Å². The molecule has 2 aromatic carbocycles. The lowest BCUT2D eigenvalue weighted by molar-refractivity contribution is 1.06. The molecular weight excluding hydrogens is 234 g/mol. The minimum Gasteiger partial charge on any atom is -0.217 e. The van der Waals surface area contributed by atoms with Crippen LogP contribution < -0.4 is 0 Å². The molecule has 0 amide bonds. The van der Waals surface area contributed by atoms with Crippen LogP contribution in [0, 0.1) is 6.92 Å². The molecule has 92 valence electrons. The van der Waals surface area contributed by atoms with E-state index in [9.17, 15) is 0 Å². The standard InChI is InChI=1S/C16H13N3/c1-12-7-9-14(10-8-12)16-18-11-17-15(19-16)13-5-3-2-4-6-13/h2-11H,1H3. The normalized spacial score (nSPS) is 10.4. The minimum absolute atomic E-state index is 0.700. The molecule has 3 rings (SSSR count). The van der Waals surface area contributed by atoms with Crippen molar-refractivity contribution in [3.8, 4) is 22.8 Å². The molecule has 3 heteroatoms. The quantitative estimate of drug-likeness (QED) is 0.695. The molecule has 0 spiro atoms. The van der Waals surface area contributed by atoms with Crippen molar-refractivity contribution in [2.45, 2.75) is 6.92 Å². The van der Waals surface area contributed by atoms with Gasteiger partial charge in [-0.25, -0.2) is 15.0 Å². The van der Waals surface area contributed by atoms with Crippen LogP contribution in [0.2, 0.25) is 0 Å². The van der Waals surface area contributed by atoms with E-state index in [1.165, 1.54) is 5.56 Å². The van der Waals surface area contributed by atoms with Gasteiger partial charge >= 0.3 is 0 Å². The first-order valence-corrected chi connectivity index (χ1v) is 6.14. The molecule has 19 heavy (non-hydrogen) atoms. The fraction of sp³-hybridized carbons (Fsp3) is 0.0625. The summed E-state index contributed by atoms with van der Waals surface area (Å²) in [6.45, 7) is 2.06. The number of hydrogen-bond donors (Lipinski definition) is 0. The fourth-order valence-corrected chi connectivity index (χ4v) is 1.86. The molecule has 0 N–H and O–H groups in total. The SMILES string of the molecule is Cc1ccc(-c2ncnc(-c3ccccc3)n2)cc1. The highest BCUT2D eigenvalue weighted by Crippen LogP contribution is 2.18. The maximum atomic E-state index is 4.52. The Labute approximate surface area is 112 Å². The largest absolute Gasteiger partial charge is 0.217 e. The smallest absolute Gasteiger partial charge is 0.163 e. The predicted octanol–water partition coefficient (Wildman–Crippen LogP) is 3.51. The Bertz CT molecular complexity index is 676. The van der Waals surface area contributed by atoms with Gasteiger partial charge in [0.05, 0.1) is 0 Å². The van der Waals surface area contributed by atoms with E-state index >= 15 is 0 Å². The molecule has 1 heterocycles. The number of nitrogens with zero attached hydrogens (tertiary/aromatic N) is 3. The number of rotatable bonds is 2. The van der Waals surface area contributed by atoms with E-state index in [1.807, 2.05) is 42.5 Å². The average Bonchev–Trinajstić information content (AvgIpc) is 2.49. The van der Waals surface area contributed by atoms with Crippen LogP contribution in [-0.4, -0.2) is 15.0 Å². The van der Waals surface area contributed by atoms with Crippen molar-refractivity contribution in [3.05, 3.63) is 66.5 Å². The summed E-state index contributed by atoms with van der Waals surface area (Å²) in [5, 5.41) is 0. The zero-order valence-electron chi connectivity index (χ0n) is 10.6. The molecule has 0 fully saturated rings. The van der Waals surface area contributed by atoms with Crippen LogP contribution in [0.4, 0.5) is 0 Å². The molecule has 0 radical (unpaired) electrons. The summed E-state index contributed by atoms with van der Waals surface area (Å²) >= 11 is 0. The topological polar surface area (TPSA) is 38.7 Å². The van der Waals surface area contributed by atoms with Gasteiger partial charge in [-0.3, -0.25) is 0 Å². The van der Waals surface area contributed by atoms with Crippen LogP contribution in [-0.2, 0) is 0 Å². The monoisotopic (exact) mass is 247 g/mol. The number of aryl methyl sites for hydroxylation is 1. The maximum Gasteiger partial charge on any atom is 0.163 e. The van der Waals surface area contributed by atoms with E-state index in [0.717, 1.165) is 11.1 Å². The molecule has 3 aromatic rings. The van der Waals surface area contributed by atoms with Crippen molar-refractivity contribution in [1.82, 2.24) is 15.0 Å². The van der Waals surface area contributed by atoms with Gasteiger partial charge in [-0.05, 0) is 6.92 Å². The third kappa shape index (κ3) is 2.50. The van der Waals surface area contributed by atoms with Crippen LogP contribution in [0.3, 0.4) is 0 Å². The Balaban J connectivity index is 2.03. The van der Waals surface area contributed by atoms with Crippen molar-refractivity contribution in [2.75, 3.05) is 0 Å². The second kappa shape index (κ2) is 4.98. The second-order valence-electron chi connectivity index (χ2n) is 4.36. The Morgan fingerprint density at radius 2 is 1.26 bits per heavy atom. The van der Waals surface area contributed by atoms with E-state index in [-0.39, 0.29) is 0 Å². The second-order valence-corrected chi connectivity index (χ2v) is 4.36. The molecule has 0 atom stereocenters. The molecule has 3 nitrogen and oxygen atoms in total. The van der Waals surface area contributed by atoms with Gasteiger partial charge in [0.15, 0.2) is 11.6 Å². The first-order valence-electron chi connectivity index (χ1n) is 6.14. The van der Waals surface area contributed by atoms with Crippen LogP contribution in [0.5, 0.6) is 0 Å². The van der Waals surface area contributed by atoms with E-state index in [0.29, 0.717) is 11.6 Å². The Morgan fingerprint density at radius 1 is 0.684 bits per heavy atom. The van der Waals surface area contributed by atoms with Crippen LogP contribution >= 0.6 is 0 Å². The molecular formula is C16H13N3. The van der Waals surface area contributed by atoms with Gasteiger partial charge in [-0.2, -0.15) is 0 Å². The van der Waals surface area contributed by atoms with Gasteiger partial charge in [-0.15, -0.1) is 0 Å². The molecule has 0 saturated carbocycles. The van der Waals surface area contributed by atoms with Crippen LogP contribution in [0.25, 0.3) is 22.8 Å². The summed E-state index contributed by atoms with van der Waals surface area (Å²) in [7, 11) is 0. The lowest BCUT2D eigenvalue weighted by Gasteiger charge is -2.03. The highest BCUT2D eigenvalue weighted by molar-refractivity contribution is 5.60. The minimum atomic E-state index is 0.700. The van der Waals surface area contributed by atoms with Gasteiger partial charge in [0.2, 0.25) is 0 Å². The third-order valence-electron chi connectivity index (χ3n) is 2.91. The molecule has 0 aliphatic carbocycles. The summed E-state index contributed by atoms with van der Waals surface area (Å²) < 4.78 is 0. The number of hydrogen-bond acceptors (Lipinski definition) is 3. The van der Waals surface area contributed by atoms with Gasteiger partial charge < -0.3 is 0 Å². The van der Waals surface area contributed by atoms with Crippen molar-refractivity contribution >= 4 is 0 Å². The number of aromatic nitrogens is 3. The third-order valence-corrected chi connectivity index (χ3v) is 2.91. The fourth-order valence-electron chi connectivity index (χ4n) is 1.86. The van der Waals surface area contributed by atoms with E-state index in [2.05, 4.69) is 34.0 Å². The molecule has 0 bridgehead atoms. The van der Waals surface area contributed by atoms with Gasteiger partial charge in [0, 0.05) is 11.1 Å². The van der Waals surface area contributed by atoms with E-state index in [4.69, 9.17) is 0 Å².